The largest absolute Gasteiger partial charge is 0.494 e. The molecule has 5 aliphatic rings. The zero-order valence-electron chi connectivity index (χ0n) is 18.4. The maximum absolute atomic E-state index is 12.6. The fraction of sp³-hybridized carbons (Fsp3) is 0.364. The minimum Gasteiger partial charge on any atom is -0.494 e. The van der Waals surface area contributed by atoms with E-state index in [0.717, 1.165) is 0 Å². The highest BCUT2D eigenvalue weighted by molar-refractivity contribution is 7.89. The summed E-state index contributed by atoms with van der Waals surface area (Å²) in [5.74, 6) is 0.643. The van der Waals surface area contributed by atoms with Crippen molar-refractivity contribution in [1.82, 2.24) is 24.6 Å². The number of hydrogen-bond acceptors (Lipinski definition) is 8. The van der Waals surface area contributed by atoms with E-state index in [1.807, 2.05) is 4.90 Å². The topological polar surface area (TPSA) is 144 Å². The van der Waals surface area contributed by atoms with Gasteiger partial charge in [-0.05, 0) is 37.1 Å². The summed E-state index contributed by atoms with van der Waals surface area (Å²) in [4.78, 5) is 32.7. The van der Waals surface area contributed by atoms with E-state index in [9.17, 15) is 18.3 Å². The lowest BCUT2D eigenvalue weighted by Crippen LogP contribution is -2.49. The van der Waals surface area contributed by atoms with Gasteiger partial charge in [-0.25, -0.2) is 23.1 Å². The summed E-state index contributed by atoms with van der Waals surface area (Å²) in [7, 11) is -3.65. The van der Waals surface area contributed by atoms with E-state index in [-0.39, 0.29) is 23.2 Å². The number of sulfonamides is 1. The summed E-state index contributed by atoms with van der Waals surface area (Å²) in [6.07, 6.45) is 4.51. The Labute approximate surface area is 196 Å². The van der Waals surface area contributed by atoms with Gasteiger partial charge in [0.05, 0.1) is 21.5 Å². The van der Waals surface area contributed by atoms with Gasteiger partial charge >= 0.3 is 0 Å². The Hall–Kier alpha value is -3.51. The third kappa shape index (κ3) is 4.33. The molecule has 0 aliphatic carbocycles. The van der Waals surface area contributed by atoms with Crippen molar-refractivity contribution < 1.29 is 18.3 Å². The van der Waals surface area contributed by atoms with Gasteiger partial charge in [0, 0.05) is 45.4 Å². The van der Waals surface area contributed by atoms with Crippen molar-refractivity contribution in [3.8, 4) is 5.88 Å². The van der Waals surface area contributed by atoms with Crippen LogP contribution in [0.5, 0.6) is 5.88 Å². The van der Waals surface area contributed by atoms with Crippen molar-refractivity contribution in [3.63, 3.8) is 0 Å². The molecule has 4 bridgehead atoms. The summed E-state index contributed by atoms with van der Waals surface area (Å²) in [5.41, 5.74) is 1.46. The molecule has 34 heavy (non-hydrogen) atoms. The van der Waals surface area contributed by atoms with Crippen LogP contribution in [0, 0.1) is 0 Å². The number of nitrogens with zero attached hydrogens (tertiary/aromatic N) is 5. The first-order valence-corrected chi connectivity index (χ1v) is 12.6. The Bertz CT molecular complexity index is 1340. The molecule has 11 nitrogen and oxygen atoms in total. The van der Waals surface area contributed by atoms with Crippen molar-refractivity contribution in [3.05, 3.63) is 36.2 Å². The number of aromatic nitrogens is 3. The van der Waals surface area contributed by atoms with Gasteiger partial charge in [0.25, 0.3) is 0 Å². The second-order valence-electron chi connectivity index (χ2n) is 8.28. The minimum absolute atomic E-state index is 0.0624. The van der Waals surface area contributed by atoms with E-state index in [4.69, 9.17) is 0 Å². The predicted octanol–water partition coefficient (Wildman–Crippen LogP) is 1.52. The first-order valence-electron chi connectivity index (χ1n) is 11.1. The number of anilines is 1. The van der Waals surface area contributed by atoms with Crippen molar-refractivity contribution in [2.75, 3.05) is 37.6 Å². The fourth-order valence-corrected chi connectivity index (χ4v) is 5.32. The molecule has 0 spiro atoms. The van der Waals surface area contributed by atoms with Crippen molar-refractivity contribution in [2.24, 2.45) is 4.99 Å². The molecule has 8 rings (SSSR count). The predicted molar refractivity (Wildman–Crippen MR) is 127 cm³/mol. The molecule has 0 radical (unpaired) electrons. The summed E-state index contributed by atoms with van der Waals surface area (Å²) >= 11 is 0. The fourth-order valence-electron chi connectivity index (χ4n) is 4.25. The van der Waals surface area contributed by atoms with E-state index in [0.29, 0.717) is 73.5 Å². The molecule has 0 atom stereocenters. The highest BCUT2D eigenvalue weighted by atomic mass is 32.2. The number of aliphatic imine (C=N–C) groups is 1. The molecule has 7 heterocycles. The second-order valence-corrected chi connectivity index (χ2v) is 10.0. The molecule has 0 saturated carbocycles. The summed E-state index contributed by atoms with van der Waals surface area (Å²) in [6.45, 7) is 2.58. The number of amides is 1. The van der Waals surface area contributed by atoms with Crippen LogP contribution in [0.4, 0.5) is 11.5 Å². The number of benzene rings is 1. The number of piperazine rings is 1. The number of nitrogens with one attached hydrogen (secondary N) is 2. The highest BCUT2D eigenvalue weighted by Gasteiger charge is 2.25. The number of hydrogen-bond donors (Lipinski definition) is 3. The van der Waals surface area contributed by atoms with Crippen molar-refractivity contribution in [2.45, 2.75) is 24.2 Å². The van der Waals surface area contributed by atoms with Gasteiger partial charge in [0.15, 0.2) is 5.88 Å². The van der Waals surface area contributed by atoms with Gasteiger partial charge in [-0.1, -0.05) is 0 Å². The van der Waals surface area contributed by atoms with E-state index < -0.39 is 10.0 Å². The van der Waals surface area contributed by atoms with Crippen LogP contribution >= 0.6 is 0 Å². The molecule has 3 N–H and O–H groups in total. The lowest BCUT2D eigenvalue weighted by molar-refractivity contribution is -0.131. The van der Waals surface area contributed by atoms with Crippen LogP contribution in [0.25, 0.3) is 11.0 Å². The monoisotopic (exact) mass is 483 g/mol. The van der Waals surface area contributed by atoms with Crippen LogP contribution in [0.3, 0.4) is 0 Å². The average Bonchev–Trinajstić information content (AvgIpc) is 3.17. The molecule has 2 aromatic heterocycles. The first-order chi connectivity index (χ1) is 16.4. The second kappa shape index (κ2) is 9.03. The van der Waals surface area contributed by atoms with Gasteiger partial charge in [0.1, 0.15) is 17.8 Å². The van der Waals surface area contributed by atoms with E-state index in [1.54, 1.807) is 12.1 Å². The molecule has 1 fully saturated rings. The van der Waals surface area contributed by atoms with E-state index in [2.05, 4.69) is 29.6 Å². The van der Waals surface area contributed by atoms with Crippen molar-refractivity contribution in [1.29, 1.82) is 0 Å². The molecule has 12 heteroatoms. The highest BCUT2D eigenvalue weighted by Crippen LogP contribution is 2.32. The van der Waals surface area contributed by atoms with Crippen molar-refractivity contribution >= 4 is 44.7 Å². The average molecular weight is 484 g/mol. The number of H-pyrrole nitrogens is 1. The third-order valence-corrected chi connectivity index (χ3v) is 7.60. The summed E-state index contributed by atoms with van der Waals surface area (Å²) in [5, 5.41) is 11.2. The maximum Gasteiger partial charge on any atom is 0.240 e. The summed E-state index contributed by atoms with van der Waals surface area (Å²) < 4.78 is 27.7. The molecule has 5 aliphatic heterocycles. The number of carbonyl (C=O) groups excluding carboxylic acids is 1. The lowest BCUT2D eigenvalue weighted by atomic mass is 10.2. The standard InChI is InChI=1S/C22H25N7O4S/c30-18-3-1-2-8-26-34(32,33)16-6-4-15(5-7-16)23-13-17-19-20(27-22(17)31)24-14-25-21(19)29-11-9-28(18)10-12-29/h4-7,13-14,26,31H,1-3,8-12H2,(H,24,25,27). The Morgan fingerprint density at radius 2 is 1.71 bits per heavy atom. The Balaban J connectivity index is 1.54. The van der Waals surface area contributed by atoms with Gasteiger partial charge in [0.2, 0.25) is 15.9 Å². The maximum atomic E-state index is 12.6. The smallest absolute Gasteiger partial charge is 0.240 e. The third-order valence-electron chi connectivity index (χ3n) is 6.12. The SMILES string of the molecule is O=C1CCCCNS(=O)(=O)c2ccc(cc2)N=Cc2c(O)[nH]c3ncnc(c23)N2CCN1CC2. The normalized spacial score (nSPS) is 19.1. The zero-order valence-corrected chi connectivity index (χ0v) is 19.3. The van der Waals surface area contributed by atoms with Crippen LogP contribution in [0.15, 0.2) is 40.5 Å². The van der Waals surface area contributed by atoms with Gasteiger partial charge in [-0.2, -0.15) is 0 Å². The first kappa shape index (κ1) is 22.3. The van der Waals surface area contributed by atoms with Gasteiger partial charge in [-0.15, -0.1) is 0 Å². The quantitative estimate of drug-likeness (QED) is 0.440. The summed E-state index contributed by atoms with van der Waals surface area (Å²) in [6, 6.07) is 6.17. The number of aromatic amines is 1. The van der Waals surface area contributed by atoms with E-state index in [1.165, 1.54) is 24.7 Å². The van der Waals surface area contributed by atoms with E-state index >= 15 is 0 Å². The lowest BCUT2D eigenvalue weighted by Gasteiger charge is -2.35. The number of rotatable bonds is 0. The molecule has 1 aromatic carbocycles. The number of aromatic hydroxyl groups is 1. The molecule has 178 valence electrons. The molecule has 3 aromatic rings. The molecule has 0 unspecified atom stereocenters. The molecular weight excluding hydrogens is 458 g/mol. The van der Waals surface area contributed by atoms with Gasteiger partial charge in [-0.3, -0.25) is 9.79 Å². The minimum atomic E-state index is -3.65. The molecular formula is C22H25N7O4S. The Morgan fingerprint density at radius 1 is 0.971 bits per heavy atom. The zero-order chi connectivity index (χ0) is 23.7. The van der Waals surface area contributed by atoms with Gasteiger partial charge < -0.3 is 19.9 Å². The van der Waals surface area contributed by atoms with Crippen LogP contribution in [0.1, 0.15) is 24.8 Å². The van der Waals surface area contributed by atoms with Crippen LogP contribution < -0.4 is 9.62 Å². The van der Waals surface area contributed by atoms with Crippen LogP contribution in [-0.4, -0.2) is 78.2 Å². The molecule has 1 amide bonds. The van der Waals surface area contributed by atoms with Crippen LogP contribution in [-0.2, 0) is 14.8 Å². The number of carbonyl (C=O) groups is 1. The van der Waals surface area contributed by atoms with Crippen LogP contribution in [0.2, 0.25) is 0 Å². The molecule has 1 saturated heterocycles. The Kier molecular flexibility index (Phi) is 5.92. The Morgan fingerprint density at radius 3 is 2.47 bits per heavy atom.